The molecule has 0 saturated carbocycles. The van der Waals surface area contributed by atoms with Crippen LogP contribution in [0.3, 0.4) is 0 Å². The van der Waals surface area contributed by atoms with Crippen LogP contribution < -0.4 is 5.32 Å². The van der Waals surface area contributed by atoms with Crippen molar-refractivity contribution >= 4 is 17.3 Å². The number of nitro groups is 1. The van der Waals surface area contributed by atoms with Gasteiger partial charge in [0.25, 0.3) is 5.69 Å². The maximum atomic E-state index is 11.7. The molecule has 0 bridgehead atoms. The van der Waals surface area contributed by atoms with Gasteiger partial charge in [0, 0.05) is 17.8 Å². The van der Waals surface area contributed by atoms with E-state index >= 15 is 0 Å². The van der Waals surface area contributed by atoms with E-state index < -0.39 is 11.0 Å². The van der Waals surface area contributed by atoms with Crippen LogP contribution in [-0.4, -0.2) is 24.0 Å². The maximum Gasteiger partial charge on any atom is 0.328 e. The Bertz CT molecular complexity index is 460. The summed E-state index contributed by atoms with van der Waals surface area (Å²) in [5.74, 6) is -0.0736. The SMILES string of the molecule is COC(=O)C(CC(C)C)Nc1cccc([N+](=O)[O-])c1. The van der Waals surface area contributed by atoms with Gasteiger partial charge in [-0.1, -0.05) is 19.9 Å². The van der Waals surface area contributed by atoms with Gasteiger partial charge in [-0.2, -0.15) is 0 Å². The lowest BCUT2D eigenvalue weighted by molar-refractivity contribution is -0.384. The van der Waals surface area contributed by atoms with Crippen molar-refractivity contribution in [1.29, 1.82) is 0 Å². The predicted molar refractivity (Wildman–Crippen MR) is 72.0 cm³/mol. The van der Waals surface area contributed by atoms with E-state index in [9.17, 15) is 14.9 Å². The normalized spacial score (nSPS) is 12.0. The van der Waals surface area contributed by atoms with E-state index in [1.807, 2.05) is 13.8 Å². The highest BCUT2D eigenvalue weighted by Gasteiger charge is 2.20. The number of hydrogen-bond donors (Lipinski definition) is 1. The first-order chi connectivity index (χ1) is 8.93. The smallest absolute Gasteiger partial charge is 0.328 e. The van der Waals surface area contributed by atoms with Crippen molar-refractivity contribution < 1.29 is 14.5 Å². The predicted octanol–water partition coefficient (Wildman–Crippen LogP) is 2.59. The van der Waals surface area contributed by atoms with Crippen LogP contribution in [0.1, 0.15) is 20.3 Å². The van der Waals surface area contributed by atoms with Gasteiger partial charge in [-0.3, -0.25) is 10.1 Å². The van der Waals surface area contributed by atoms with Crippen molar-refractivity contribution in [2.75, 3.05) is 12.4 Å². The number of rotatable bonds is 6. The van der Waals surface area contributed by atoms with Gasteiger partial charge in [0.05, 0.1) is 12.0 Å². The van der Waals surface area contributed by atoms with Crippen LogP contribution in [0.5, 0.6) is 0 Å². The Balaban J connectivity index is 2.86. The zero-order chi connectivity index (χ0) is 14.4. The molecule has 1 aromatic rings. The van der Waals surface area contributed by atoms with Crippen molar-refractivity contribution in [1.82, 2.24) is 0 Å². The number of esters is 1. The summed E-state index contributed by atoms with van der Waals surface area (Å²) >= 11 is 0. The standard InChI is InChI=1S/C13H18N2O4/c1-9(2)7-12(13(16)19-3)14-10-5-4-6-11(8-10)15(17)18/h4-6,8-9,12,14H,7H2,1-3H3. The van der Waals surface area contributed by atoms with Gasteiger partial charge in [-0.25, -0.2) is 4.79 Å². The third-order valence-corrected chi connectivity index (χ3v) is 2.59. The minimum Gasteiger partial charge on any atom is -0.467 e. The van der Waals surface area contributed by atoms with Crippen molar-refractivity contribution in [3.05, 3.63) is 34.4 Å². The molecule has 1 unspecified atom stereocenters. The zero-order valence-electron chi connectivity index (χ0n) is 11.3. The van der Waals surface area contributed by atoms with E-state index in [1.165, 1.54) is 19.2 Å². The molecule has 104 valence electrons. The van der Waals surface area contributed by atoms with Crippen LogP contribution >= 0.6 is 0 Å². The number of anilines is 1. The highest BCUT2D eigenvalue weighted by Crippen LogP contribution is 2.19. The molecule has 0 saturated heterocycles. The number of benzene rings is 1. The van der Waals surface area contributed by atoms with E-state index in [2.05, 4.69) is 5.32 Å². The number of methoxy groups -OCH3 is 1. The van der Waals surface area contributed by atoms with Crippen LogP contribution in [0.15, 0.2) is 24.3 Å². The lowest BCUT2D eigenvalue weighted by atomic mass is 10.0. The summed E-state index contributed by atoms with van der Waals surface area (Å²) in [6.45, 7) is 3.98. The largest absolute Gasteiger partial charge is 0.467 e. The number of ether oxygens (including phenoxy) is 1. The van der Waals surface area contributed by atoms with Crippen molar-refractivity contribution in [3.63, 3.8) is 0 Å². The first-order valence-corrected chi connectivity index (χ1v) is 6.03. The second-order valence-corrected chi connectivity index (χ2v) is 4.66. The van der Waals surface area contributed by atoms with Gasteiger partial charge in [0.2, 0.25) is 0 Å². The van der Waals surface area contributed by atoms with E-state index in [1.54, 1.807) is 12.1 Å². The molecule has 0 aliphatic heterocycles. The summed E-state index contributed by atoms with van der Waals surface area (Å²) in [4.78, 5) is 21.9. The Morgan fingerprint density at radius 1 is 1.47 bits per heavy atom. The highest BCUT2D eigenvalue weighted by atomic mass is 16.6. The number of nitrogens with one attached hydrogen (secondary N) is 1. The molecule has 6 heteroatoms. The number of nitro benzene ring substituents is 1. The lowest BCUT2D eigenvalue weighted by Gasteiger charge is -2.19. The molecule has 1 rings (SSSR count). The van der Waals surface area contributed by atoms with Crippen molar-refractivity contribution in [2.45, 2.75) is 26.3 Å². The van der Waals surface area contributed by atoms with Gasteiger partial charge in [0.15, 0.2) is 0 Å². The summed E-state index contributed by atoms with van der Waals surface area (Å²) in [5, 5.41) is 13.7. The van der Waals surface area contributed by atoms with E-state index in [-0.39, 0.29) is 11.7 Å². The van der Waals surface area contributed by atoms with Gasteiger partial charge in [0.1, 0.15) is 6.04 Å². The summed E-state index contributed by atoms with van der Waals surface area (Å²) in [5.41, 5.74) is 0.517. The molecule has 0 radical (unpaired) electrons. The number of carbonyl (C=O) groups is 1. The Hall–Kier alpha value is -2.11. The number of nitrogens with zero attached hydrogens (tertiary/aromatic N) is 1. The quantitative estimate of drug-likeness (QED) is 0.486. The second-order valence-electron chi connectivity index (χ2n) is 4.66. The van der Waals surface area contributed by atoms with Crippen LogP contribution in [0, 0.1) is 16.0 Å². The first kappa shape index (κ1) is 14.9. The first-order valence-electron chi connectivity index (χ1n) is 6.03. The molecule has 0 fully saturated rings. The topological polar surface area (TPSA) is 81.5 Å². The molecular formula is C13H18N2O4. The minimum atomic E-state index is -0.507. The molecule has 0 aliphatic carbocycles. The van der Waals surface area contributed by atoms with Crippen molar-refractivity contribution in [2.24, 2.45) is 5.92 Å². The van der Waals surface area contributed by atoms with Crippen LogP contribution in [0.4, 0.5) is 11.4 Å². The maximum absolute atomic E-state index is 11.7. The zero-order valence-corrected chi connectivity index (χ0v) is 11.3. The molecule has 0 heterocycles. The number of non-ortho nitro benzene ring substituents is 1. The molecule has 0 aliphatic rings. The van der Waals surface area contributed by atoms with Crippen molar-refractivity contribution in [3.8, 4) is 0 Å². The van der Waals surface area contributed by atoms with Gasteiger partial charge >= 0.3 is 5.97 Å². The summed E-state index contributed by atoms with van der Waals surface area (Å²) in [6, 6.07) is 5.55. The lowest BCUT2D eigenvalue weighted by Crippen LogP contribution is -2.32. The molecule has 6 nitrogen and oxygen atoms in total. The average Bonchev–Trinajstić information content (AvgIpc) is 2.36. The average molecular weight is 266 g/mol. The number of hydrogen-bond acceptors (Lipinski definition) is 5. The fourth-order valence-electron chi connectivity index (χ4n) is 1.74. The molecular weight excluding hydrogens is 248 g/mol. The minimum absolute atomic E-state index is 0.0156. The molecule has 0 amide bonds. The fraction of sp³-hybridized carbons (Fsp3) is 0.462. The van der Waals surface area contributed by atoms with Gasteiger partial charge in [-0.15, -0.1) is 0 Å². The Kier molecular flexibility index (Phi) is 5.29. The van der Waals surface area contributed by atoms with E-state index in [0.29, 0.717) is 18.0 Å². The van der Waals surface area contributed by atoms with Crippen LogP contribution in [0.25, 0.3) is 0 Å². The highest BCUT2D eigenvalue weighted by molar-refractivity contribution is 5.79. The fourth-order valence-corrected chi connectivity index (χ4v) is 1.74. The Labute approximate surface area is 111 Å². The Morgan fingerprint density at radius 2 is 2.16 bits per heavy atom. The molecule has 0 spiro atoms. The third-order valence-electron chi connectivity index (χ3n) is 2.59. The van der Waals surface area contributed by atoms with E-state index in [4.69, 9.17) is 4.74 Å². The molecule has 0 aromatic heterocycles. The van der Waals surface area contributed by atoms with Crippen LogP contribution in [-0.2, 0) is 9.53 Å². The van der Waals surface area contributed by atoms with Gasteiger partial charge < -0.3 is 10.1 Å². The molecule has 1 aromatic carbocycles. The van der Waals surface area contributed by atoms with Gasteiger partial charge in [-0.05, 0) is 18.4 Å². The Morgan fingerprint density at radius 3 is 2.68 bits per heavy atom. The summed E-state index contributed by atoms with van der Waals surface area (Å²) in [6.07, 6.45) is 0.593. The molecule has 1 atom stereocenters. The number of carbonyl (C=O) groups excluding carboxylic acids is 1. The molecule has 1 N–H and O–H groups in total. The third kappa shape index (κ3) is 4.57. The monoisotopic (exact) mass is 266 g/mol. The second kappa shape index (κ2) is 6.72. The summed E-state index contributed by atoms with van der Waals surface area (Å²) in [7, 11) is 1.32. The molecule has 19 heavy (non-hydrogen) atoms. The summed E-state index contributed by atoms with van der Waals surface area (Å²) < 4.78 is 4.73. The van der Waals surface area contributed by atoms with Crippen LogP contribution in [0.2, 0.25) is 0 Å². The van der Waals surface area contributed by atoms with E-state index in [0.717, 1.165) is 0 Å².